The minimum atomic E-state index is -3.32. The van der Waals surface area contributed by atoms with E-state index in [0.29, 0.717) is 38.5 Å². The summed E-state index contributed by atoms with van der Waals surface area (Å²) in [4.78, 5) is 0. The van der Waals surface area contributed by atoms with Gasteiger partial charge in [0.05, 0.1) is 0 Å². The molecule has 0 bridgehead atoms. The van der Waals surface area contributed by atoms with Crippen molar-refractivity contribution in [2.24, 2.45) is 5.92 Å². The molecular weight excluding hydrogens is 240 g/mol. The topological polar surface area (TPSA) is 60.9 Å². The lowest BCUT2D eigenvalue weighted by Gasteiger charge is -2.34. The van der Waals surface area contributed by atoms with E-state index in [1.54, 1.807) is 4.31 Å². The third kappa shape index (κ3) is 3.91. The number of aliphatic hydroxyl groups is 1. The van der Waals surface area contributed by atoms with Crippen LogP contribution in [0.15, 0.2) is 0 Å². The van der Waals surface area contributed by atoms with Crippen LogP contribution in [0.3, 0.4) is 0 Å². The minimum Gasteiger partial charge on any atom is -0.396 e. The summed E-state index contributed by atoms with van der Waals surface area (Å²) < 4.78 is 27.7. The summed E-state index contributed by atoms with van der Waals surface area (Å²) in [6, 6.07) is 0. The average molecular weight is 264 g/mol. The second kappa shape index (κ2) is 6.68. The predicted octanol–water partition coefficient (Wildman–Crippen LogP) is 0.667. The van der Waals surface area contributed by atoms with Gasteiger partial charge in [-0.15, -0.1) is 0 Å². The van der Waals surface area contributed by atoms with Gasteiger partial charge in [0.25, 0.3) is 10.2 Å². The van der Waals surface area contributed by atoms with Gasteiger partial charge in [0.2, 0.25) is 0 Å². The average Bonchev–Trinajstić information content (AvgIpc) is 2.30. The molecule has 1 aliphatic heterocycles. The molecule has 0 aliphatic carbocycles. The van der Waals surface area contributed by atoms with Crippen molar-refractivity contribution in [1.29, 1.82) is 0 Å². The van der Waals surface area contributed by atoms with Gasteiger partial charge in [-0.2, -0.15) is 17.0 Å². The van der Waals surface area contributed by atoms with Crippen molar-refractivity contribution in [2.75, 3.05) is 32.8 Å². The van der Waals surface area contributed by atoms with Crippen LogP contribution < -0.4 is 0 Å². The molecule has 1 fully saturated rings. The van der Waals surface area contributed by atoms with Crippen LogP contribution in [0.5, 0.6) is 0 Å². The lowest BCUT2D eigenvalue weighted by Crippen LogP contribution is -2.48. The van der Waals surface area contributed by atoms with E-state index in [2.05, 4.69) is 6.92 Å². The smallest absolute Gasteiger partial charge is 0.281 e. The summed E-state index contributed by atoms with van der Waals surface area (Å²) in [5.41, 5.74) is 0. The Balaban J connectivity index is 2.69. The fourth-order valence-corrected chi connectivity index (χ4v) is 4.02. The van der Waals surface area contributed by atoms with Gasteiger partial charge in [-0.3, -0.25) is 0 Å². The predicted molar refractivity (Wildman–Crippen MR) is 67.8 cm³/mol. The molecule has 0 aromatic heterocycles. The van der Waals surface area contributed by atoms with Gasteiger partial charge in [-0.1, -0.05) is 13.8 Å². The number of nitrogens with zero attached hydrogens (tertiary/aromatic N) is 2. The molecule has 6 heteroatoms. The highest BCUT2D eigenvalue weighted by atomic mass is 32.2. The standard InChI is InChI=1S/C11H24N2O3S/c1-3-12(8-5-9-14)17(15,16)13-7-4-6-11(2)10-13/h11,14H,3-10H2,1-2H3. The maximum atomic E-state index is 12.3. The Morgan fingerprint density at radius 2 is 2.18 bits per heavy atom. The van der Waals surface area contributed by atoms with Gasteiger partial charge in [-0.05, 0) is 25.2 Å². The number of hydrogen-bond donors (Lipinski definition) is 1. The van der Waals surface area contributed by atoms with E-state index >= 15 is 0 Å². The van der Waals surface area contributed by atoms with Crippen molar-refractivity contribution >= 4 is 10.2 Å². The zero-order valence-electron chi connectivity index (χ0n) is 10.8. The Hall–Kier alpha value is -0.170. The molecule has 1 aliphatic rings. The van der Waals surface area contributed by atoms with Crippen LogP contribution in [0.4, 0.5) is 0 Å². The van der Waals surface area contributed by atoms with Gasteiger partial charge in [0.1, 0.15) is 0 Å². The normalized spacial score (nSPS) is 23.2. The van der Waals surface area contributed by atoms with Crippen LogP contribution >= 0.6 is 0 Å². The second-order valence-electron chi connectivity index (χ2n) is 4.68. The van der Waals surface area contributed by atoms with Gasteiger partial charge >= 0.3 is 0 Å². The first kappa shape index (κ1) is 14.9. The molecule has 1 saturated heterocycles. The molecule has 0 spiro atoms. The Morgan fingerprint density at radius 3 is 2.71 bits per heavy atom. The largest absolute Gasteiger partial charge is 0.396 e. The number of aliphatic hydroxyl groups excluding tert-OH is 1. The highest BCUT2D eigenvalue weighted by Crippen LogP contribution is 2.20. The lowest BCUT2D eigenvalue weighted by atomic mass is 10.0. The van der Waals surface area contributed by atoms with Crippen molar-refractivity contribution in [3.63, 3.8) is 0 Å². The van der Waals surface area contributed by atoms with Crippen LogP contribution in [0, 0.1) is 5.92 Å². The molecule has 0 saturated carbocycles. The fraction of sp³-hybridized carbons (Fsp3) is 1.00. The summed E-state index contributed by atoms with van der Waals surface area (Å²) in [5.74, 6) is 0.440. The summed E-state index contributed by atoms with van der Waals surface area (Å²) in [6.07, 6.45) is 2.54. The van der Waals surface area contributed by atoms with Crippen molar-refractivity contribution in [2.45, 2.75) is 33.1 Å². The molecule has 5 nitrogen and oxygen atoms in total. The van der Waals surface area contributed by atoms with Crippen LogP contribution in [0.2, 0.25) is 0 Å². The SMILES string of the molecule is CCN(CCCO)S(=O)(=O)N1CCCC(C)C1. The number of hydrogen-bond acceptors (Lipinski definition) is 3. The van der Waals surface area contributed by atoms with Crippen LogP contribution in [-0.4, -0.2) is 54.9 Å². The van der Waals surface area contributed by atoms with E-state index in [4.69, 9.17) is 5.11 Å². The fourth-order valence-electron chi connectivity index (χ4n) is 2.20. The Morgan fingerprint density at radius 1 is 1.47 bits per heavy atom. The van der Waals surface area contributed by atoms with Crippen molar-refractivity contribution < 1.29 is 13.5 Å². The highest BCUT2D eigenvalue weighted by Gasteiger charge is 2.31. The molecule has 0 aromatic rings. The van der Waals surface area contributed by atoms with Crippen molar-refractivity contribution in [1.82, 2.24) is 8.61 Å². The zero-order valence-corrected chi connectivity index (χ0v) is 11.6. The molecule has 0 aromatic carbocycles. The zero-order chi connectivity index (χ0) is 12.9. The minimum absolute atomic E-state index is 0.0302. The summed E-state index contributed by atoms with van der Waals surface area (Å²) in [7, 11) is -3.32. The number of piperidine rings is 1. The van der Waals surface area contributed by atoms with Gasteiger partial charge in [0, 0.05) is 32.8 Å². The van der Waals surface area contributed by atoms with Gasteiger partial charge in [0.15, 0.2) is 0 Å². The number of rotatable bonds is 6. The third-order valence-electron chi connectivity index (χ3n) is 3.19. The Bertz CT molecular complexity index is 319. The maximum Gasteiger partial charge on any atom is 0.281 e. The van der Waals surface area contributed by atoms with Crippen molar-refractivity contribution in [3.8, 4) is 0 Å². The first-order valence-corrected chi connectivity index (χ1v) is 7.78. The molecule has 1 rings (SSSR count). The molecule has 1 atom stereocenters. The Labute approximate surface area is 105 Å². The lowest BCUT2D eigenvalue weighted by molar-refractivity contribution is 0.244. The molecule has 0 amide bonds. The van der Waals surface area contributed by atoms with Gasteiger partial charge in [-0.25, -0.2) is 0 Å². The van der Waals surface area contributed by atoms with Gasteiger partial charge < -0.3 is 5.11 Å². The molecule has 1 heterocycles. The van der Waals surface area contributed by atoms with Crippen molar-refractivity contribution in [3.05, 3.63) is 0 Å². The maximum absolute atomic E-state index is 12.3. The second-order valence-corrected chi connectivity index (χ2v) is 6.61. The van der Waals surface area contributed by atoms with E-state index in [9.17, 15) is 8.42 Å². The molecule has 0 radical (unpaired) electrons. The monoisotopic (exact) mass is 264 g/mol. The highest BCUT2D eigenvalue weighted by molar-refractivity contribution is 7.86. The molecule has 1 N–H and O–H groups in total. The van der Waals surface area contributed by atoms with E-state index in [-0.39, 0.29) is 6.61 Å². The molecule has 102 valence electrons. The third-order valence-corrected chi connectivity index (χ3v) is 5.27. The first-order valence-electron chi connectivity index (χ1n) is 6.38. The van der Waals surface area contributed by atoms with Crippen LogP contribution in [-0.2, 0) is 10.2 Å². The summed E-state index contributed by atoms with van der Waals surface area (Å²) in [5, 5.41) is 8.79. The summed E-state index contributed by atoms with van der Waals surface area (Å²) >= 11 is 0. The van der Waals surface area contributed by atoms with Crippen LogP contribution in [0.1, 0.15) is 33.1 Å². The van der Waals surface area contributed by atoms with Crippen LogP contribution in [0.25, 0.3) is 0 Å². The molecular formula is C11H24N2O3S. The molecule has 17 heavy (non-hydrogen) atoms. The van der Waals surface area contributed by atoms with E-state index < -0.39 is 10.2 Å². The van der Waals surface area contributed by atoms with E-state index in [1.807, 2.05) is 6.92 Å². The van der Waals surface area contributed by atoms with E-state index in [1.165, 1.54) is 4.31 Å². The quantitative estimate of drug-likeness (QED) is 0.767. The molecule has 1 unspecified atom stereocenters. The van der Waals surface area contributed by atoms with E-state index in [0.717, 1.165) is 12.8 Å². The first-order chi connectivity index (χ1) is 8.02. The Kier molecular flexibility index (Phi) is 5.85. The summed E-state index contributed by atoms with van der Waals surface area (Å²) in [6.45, 7) is 6.07.